The topological polar surface area (TPSA) is 94.1 Å². The van der Waals surface area contributed by atoms with Gasteiger partial charge >= 0.3 is 0 Å². The van der Waals surface area contributed by atoms with Gasteiger partial charge in [-0.05, 0) is 6.07 Å². The molecule has 0 atom stereocenters. The number of nitrogens with zero attached hydrogens (tertiary/aromatic N) is 7. The van der Waals surface area contributed by atoms with Crippen molar-refractivity contribution in [1.29, 1.82) is 0 Å². The first-order valence-electron chi connectivity index (χ1n) is 9.59. The van der Waals surface area contributed by atoms with E-state index in [4.69, 9.17) is 9.47 Å². The first kappa shape index (κ1) is 16.7. The molecule has 0 spiro atoms. The third-order valence-electron chi connectivity index (χ3n) is 5.61. The van der Waals surface area contributed by atoms with Crippen molar-refractivity contribution in [3.63, 3.8) is 0 Å². The van der Waals surface area contributed by atoms with Crippen molar-refractivity contribution in [3.05, 3.63) is 37.1 Å². The molecule has 0 amide bonds. The molecule has 0 aromatic carbocycles. The second kappa shape index (κ2) is 6.39. The van der Waals surface area contributed by atoms with E-state index < -0.39 is 0 Å². The molecule has 4 aromatic heterocycles. The predicted molar refractivity (Wildman–Crippen MR) is 105 cm³/mol. The van der Waals surface area contributed by atoms with Crippen LogP contribution in [-0.4, -0.2) is 79.4 Å². The van der Waals surface area contributed by atoms with Gasteiger partial charge in [0, 0.05) is 55.2 Å². The molecule has 4 aromatic rings. The molecule has 0 saturated carbocycles. The van der Waals surface area contributed by atoms with Crippen LogP contribution in [0.5, 0.6) is 5.88 Å². The average molecular weight is 392 g/mol. The Balaban J connectivity index is 1.30. The Morgan fingerprint density at radius 3 is 2.90 bits per heavy atom. The predicted octanol–water partition coefficient (Wildman–Crippen LogP) is 0.942. The minimum atomic E-state index is 0.334. The number of methoxy groups -OCH3 is 1. The highest BCUT2D eigenvalue weighted by Gasteiger charge is 2.36. The maximum Gasteiger partial charge on any atom is 0.244 e. The van der Waals surface area contributed by atoms with E-state index in [1.165, 1.54) is 0 Å². The first-order chi connectivity index (χ1) is 14.3. The number of likely N-dealkylation sites (tertiary alicyclic amines) is 1. The molecule has 6 rings (SSSR count). The standard InChI is InChI=1S/C19H20N8O2/c1-28-17-16-15(12-6-21-19-20-3-5-25(19)7-12)2-4-27(16)24-18(23-17)22-13-8-26(9-13)14-10-29-11-14/h2-7,13-14H,8-11H2,1H3,(H,22,24). The van der Waals surface area contributed by atoms with E-state index in [1.54, 1.807) is 24.0 Å². The number of hydrogen-bond acceptors (Lipinski definition) is 8. The van der Waals surface area contributed by atoms with Crippen LogP contribution in [0.2, 0.25) is 0 Å². The highest BCUT2D eigenvalue weighted by atomic mass is 16.5. The average Bonchev–Trinajstić information content (AvgIpc) is 3.30. The fraction of sp³-hybridized carbons (Fsp3) is 0.368. The molecule has 29 heavy (non-hydrogen) atoms. The molecule has 148 valence electrons. The molecule has 10 nitrogen and oxygen atoms in total. The van der Waals surface area contributed by atoms with E-state index in [-0.39, 0.29) is 0 Å². The fourth-order valence-electron chi connectivity index (χ4n) is 3.90. The SMILES string of the molecule is COc1nc(NC2CN(C3COC3)C2)nn2ccc(-c3cnc4nccn4c3)c12. The van der Waals surface area contributed by atoms with Crippen molar-refractivity contribution in [2.75, 3.05) is 38.7 Å². The molecule has 2 aliphatic heterocycles. The fourth-order valence-corrected chi connectivity index (χ4v) is 3.90. The van der Waals surface area contributed by atoms with E-state index >= 15 is 0 Å². The molecular weight excluding hydrogens is 372 g/mol. The van der Waals surface area contributed by atoms with Crippen LogP contribution in [0, 0.1) is 0 Å². The van der Waals surface area contributed by atoms with Crippen molar-refractivity contribution in [3.8, 4) is 17.0 Å². The molecule has 2 saturated heterocycles. The summed E-state index contributed by atoms with van der Waals surface area (Å²) in [4.78, 5) is 15.6. The molecule has 0 bridgehead atoms. The van der Waals surface area contributed by atoms with Crippen molar-refractivity contribution >= 4 is 17.2 Å². The van der Waals surface area contributed by atoms with Crippen LogP contribution in [0.3, 0.4) is 0 Å². The second-order valence-electron chi connectivity index (χ2n) is 7.43. The van der Waals surface area contributed by atoms with Gasteiger partial charge in [-0.3, -0.25) is 9.30 Å². The van der Waals surface area contributed by atoms with E-state index in [9.17, 15) is 0 Å². The van der Waals surface area contributed by atoms with Crippen LogP contribution in [0.15, 0.2) is 37.1 Å². The number of ether oxygens (including phenoxy) is 2. The van der Waals surface area contributed by atoms with Gasteiger partial charge in [0.15, 0.2) is 0 Å². The number of fused-ring (bicyclic) bond motifs is 2. The van der Waals surface area contributed by atoms with E-state index in [2.05, 4.69) is 30.3 Å². The van der Waals surface area contributed by atoms with Crippen molar-refractivity contribution in [2.24, 2.45) is 0 Å². The molecule has 1 N–H and O–H groups in total. The lowest BCUT2D eigenvalue weighted by Gasteiger charge is -2.47. The minimum Gasteiger partial charge on any atom is -0.479 e. The summed E-state index contributed by atoms with van der Waals surface area (Å²) in [5.74, 6) is 1.75. The van der Waals surface area contributed by atoms with Crippen molar-refractivity contribution < 1.29 is 9.47 Å². The monoisotopic (exact) mass is 392 g/mol. The maximum absolute atomic E-state index is 5.60. The Morgan fingerprint density at radius 1 is 1.21 bits per heavy atom. The van der Waals surface area contributed by atoms with Crippen molar-refractivity contribution in [2.45, 2.75) is 12.1 Å². The number of aromatic nitrogens is 6. The van der Waals surface area contributed by atoms with Crippen LogP contribution in [-0.2, 0) is 4.74 Å². The number of rotatable bonds is 5. The van der Waals surface area contributed by atoms with Gasteiger partial charge in [-0.1, -0.05) is 0 Å². The van der Waals surface area contributed by atoms with Gasteiger partial charge in [-0.15, -0.1) is 5.10 Å². The van der Waals surface area contributed by atoms with E-state index in [1.807, 2.05) is 29.1 Å². The summed E-state index contributed by atoms with van der Waals surface area (Å²) in [6.07, 6.45) is 9.30. The third-order valence-corrected chi connectivity index (χ3v) is 5.61. The van der Waals surface area contributed by atoms with E-state index in [0.29, 0.717) is 29.7 Å². The number of nitrogens with one attached hydrogen (secondary N) is 1. The molecule has 10 heteroatoms. The highest BCUT2D eigenvalue weighted by molar-refractivity contribution is 5.84. The van der Waals surface area contributed by atoms with Crippen LogP contribution >= 0.6 is 0 Å². The Bertz CT molecular complexity index is 1190. The molecule has 6 heterocycles. The van der Waals surface area contributed by atoms with Gasteiger partial charge in [-0.25, -0.2) is 14.5 Å². The maximum atomic E-state index is 5.60. The summed E-state index contributed by atoms with van der Waals surface area (Å²) in [6, 6.07) is 2.90. The molecular formula is C19H20N8O2. The summed E-state index contributed by atoms with van der Waals surface area (Å²) in [6.45, 7) is 3.64. The summed E-state index contributed by atoms with van der Waals surface area (Å²) in [5, 5.41) is 8.06. The lowest BCUT2D eigenvalue weighted by molar-refractivity contribution is -0.0875. The Hall–Kier alpha value is -3.24. The lowest BCUT2D eigenvalue weighted by atomic mass is 10.0. The lowest BCUT2D eigenvalue weighted by Crippen LogP contribution is -2.63. The smallest absolute Gasteiger partial charge is 0.244 e. The molecule has 2 fully saturated rings. The van der Waals surface area contributed by atoms with Crippen molar-refractivity contribution in [1.82, 2.24) is 33.9 Å². The normalized spacial score (nSPS) is 18.1. The van der Waals surface area contributed by atoms with Gasteiger partial charge in [0.25, 0.3) is 0 Å². The Kier molecular flexibility index (Phi) is 3.68. The van der Waals surface area contributed by atoms with Crippen LogP contribution in [0.25, 0.3) is 22.4 Å². The summed E-state index contributed by atoms with van der Waals surface area (Å²) in [5.41, 5.74) is 2.70. The molecule has 0 unspecified atom stereocenters. The summed E-state index contributed by atoms with van der Waals surface area (Å²) in [7, 11) is 1.63. The highest BCUT2D eigenvalue weighted by Crippen LogP contribution is 2.31. The molecule has 0 aliphatic carbocycles. The van der Waals surface area contributed by atoms with Gasteiger partial charge in [0.2, 0.25) is 17.6 Å². The Labute approximate surface area is 166 Å². The minimum absolute atomic E-state index is 0.334. The van der Waals surface area contributed by atoms with Gasteiger partial charge in [-0.2, -0.15) is 4.98 Å². The summed E-state index contributed by atoms with van der Waals surface area (Å²) < 4.78 is 14.6. The quantitative estimate of drug-likeness (QED) is 0.536. The first-order valence-corrected chi connectivity index (χ1v) is 9.59. The molecule has 2 aliphatic rings. The summed E-state index contributed by atoms with van der Waals surface area (Å²) >= 11 is 0. The zero-order chi connectivity index (χ0) is 19.4. The van der Waals surface area contributed by atoms with Gasteiger partial charge in [0.05, 0.1) is 32.4 Å². The Morgan fingerprint density at radius 2 is 2.10 bits per heavy atom. The number of anilines is 1. The third kappa shape index (κ3) is 2.71. The molecule has 0 radical (unpaired) electrons. The zero-order valence-electron chi connectivity index (χ0n) is 15.9. The zero-order valence-corrected chi connectivity index (χ0v) is 15.9. The second-order valence-corrected chi connectivity index (χ2v) is 7.43. The van der Waals surface area contributed by atoms with Crippen LogP contribution < -0.4 is 10.1 Å². The van der Waals surface area contributed by atoms with Crippen LogP contribution in [0.1, 0.15) is 0 Å². The van der Waals surface area contributed by atoms with Gasteiger partial charge < -0.3 is 14.8 Å². The number of imidazole rings is 1. The largest absolute Gasteiger partial charge is 0.479 e. The van der Waals surface area contributed by atoms with E-state index in [0.717, 1.165) is 42.9 Å². The number of hydrogen-bond donors (Lipinski definition) is 1. The van der Waals surface area contributed by atoms with Crippen LogP contribution in [0.4, 0.5) is 5.95 Å². The van der Waals surface area contributed by atoms with Gasteiger partial charge in [0.1, 0.15) is 5.52 Å².